The van der Waals surface area contributed by atoms with Gasteiger partial charge in [0.05, 0.1) is 12.2 Å². The van der Waals surface area contributed by atoms with E-state index >= 15 is 0 Å². The van der Waals surface area contributed by atoms with Gasteiger partial charge in [-0.25, -0.2) is 0 Å². The number of aryl methyl sites for hydroxylation is 2. The summed E-state index contributed by atoms with van der Waals surface area (Å²) in [4.78, 5) is 0. The van der Waals surface area contributed by atoms with E-state index in [1.165, 1.54) is 0 Å². The van der Waals surface area contributed by atoms with E-state index in [2.05, 4.69) is 17.2 Å². The minimum Gasteiger partial charge on any atom is -0.396 e. The average Bonchev–Trinajstić information content (AvgIpc) is 2.63. The molecule has 0 radical (unpaired) electrons. The highest BCUT2D eigenvalue weighted by molar-refractivity contribution is 7.99. The molecule has 0 atom stereocenters. The van der Waals surface area contributed by atoms with E-state index in [0.717, 1.165) is 36.6 Å². The number of aliphatic hydroxyl groups excluding tert-OH is 1. The van der Waals surface area contributed by atoms with E-state index in [4.69, 9.17) is 5.11 Å². The first-order valence-corrected chi connectivity index (χ1v) is 6.10. The molecule has 1 rings (SSSR count). The fourth-order valence-corrected chi connectivity index (χ4v) is 1.73. The van der Waals surface area contributed by atoms with Gasteiger partial charge < -0.3 is 5.11 Å². The van der Waals surface area contributed by atoms with Crippen LogP contribution in [0.4, 0.5) is 0 Å². The molecule has 1 aromatic heterocycles. The van der Waals surface area contributed by atoms with E-state index in [-0.39, 0.29) is 6.61 Å². The van der Waals surface area contributed by atoms with Gasteiger partial charge in [0.1, 0.15) is 0 Å². The van der Waals surface area contributed by atoms with Gasteiger partial charge in [-0.2, -0.15) is 11.8 Å². The molecule has 1 aromatic rings. The molecule has 14 heavy (non-hydrogen) atoms. The molecule has 0 spiro atoms. The van der Waals surface area contributed by atoms with Crippen molar-refractivity contribution in [3.8, 4) is 0 Å². The largest absolute Gasteiger partial charge is 0.396 e. The number of hydrogen-bond donors (Lipinski definition) is 1. The Morgan fingerprint density at radius 2 is 2.43 bits per heavy atom. The molecular weight excluding hydrogens is 198 g/mol. The zero-order chi connectivity index (χ0) is 10.2. The van der Waals surface area contributed by atoms with Crippen LogP contribution in [-0.4, -0.2) is 38.2 Å². The van der Waals surface area contributed by atoms with Crippen molar-refractivity contribution in [3.05, 3.63) is 11.9 Å². The highest BCUT2D eigenvalue weighted by Crippen LogP contribution is 2.01. The predicted molar refractivity (Wildman–Crippen MR) is 58.4 cm³/mol. The molecule has 0 amide bonds. The lowest BCUT2D eigenvalue weighted by atomic mass is 10.3. The molecule has 5 heteroatoms. The van der Waals surface area contributed by atoms with Crippen LogP contribution >= 0.6 is 11.8 Å². The molecule has 0 bridgehead atoms. The van der Waals surface area contributed by atoms with Crippen LogP contribution < -0.4 is 0 Å². The first-order chi connectivity index (χ1) is 6.86. The van der Waals surface area contributed by atoms with Gasteiger partial charge in [0.2, 0.25) is 0 Å². The SMILES string of the molecule is CCSCCn1cc(CCCO)nn1. The van der Waals surface area contributed by atoms with E-state index in [0.29, 0.717) is 0 Å². The lowest BCUT2D eigenvalue weighted by molar-refractivity contribution is 0.288. The van der Waals surface area contributed by atoms with Gasteiger partial charge in [-0.05, 0) is 18.6 Å². The first-order valence-electron chi connectivity index (χ1n) is 4.94. The Hall–Kier alpha value is -0.550. The molecule has 0 saturated heterocycles. The second kappa shape index (κ2) is 6.84. The van der Waals surface area contributed by atoms with Crippen LogP contribution in [0.25, 0.3) is 0 Å². The molecular formula is C9H17N3OS. The molecule has 0 aliphatic rings. The minimum atomic E-state index is 0.221. The Labute approximate surface area is 88.7 Å². The Bertz CT molecular complexity index is 252. The normalized spacial score (nSPS) is 10.7. The summed E-state index contributed by atoms with van der Waals surface area (Å²) in [6, 6.07) is 0. The van der Waals surface area contributed by atoms with Crippen molar-refractivity contribution in [1.29, 1.82) is 0 Å². The first kappa shape index (κ1) is 11.5. The van der Waals surface area contributed by atoms with Gasteiger partial charge in [0.25, 0.3) is 0 Å². The number of nitrogens with zero attached hydrogens (tertiary/aromatic N) is 3. The number of rotatable bonds is 7. The van der Waals surface area contributed by atoms with Crippen LogP contribution in [0.1, 0.15) is 19.0 Å². The van der Waals surface area contributed by atoms with E-state index < -0.39 is 0 Å². The number of hydrogen-bond acceptors (Lipinski definition) is 4. The fourth-order valence-electron chi connectivity index (χ4n) is 1.12. The van der Waals surface area contributed by atoms with Gasteiger partial charge >= 0.3 is 0 Å². The van der Waals surface area contributed by atoms with Gasteiger partial charge in [0, 0.05) is 18.6 Å². The summed E-state index contributed by atoms with van der Waals surface area (Å²) >= 11 is 1.90. The van der Waals surface area contributed by atoms with Crippen molar-refractivity contribution in [1.82, 2.24) is 15.0 Å². The van der Waals surface area contributed by atoms with Crippen molar-refractivity contribution in [2.24, 2.45) is 0 Å². The Morgan fingerprint density at radius 1 is 1.57 bits per heavy atom. The molecule has 0 saturated carbocycles. The quantitative estimate of drug-likeness (QED) is 0.688. The summed E-state index contributed by atoms with van der Waals surface area (Å²) in [5.41, 5.74) is 0.973. The second-order valence-corrected chi connectivity index (χ2v) is 4.39. The van der Waals surface area contributed by atoms with Crippen molar-refractivity contribution < 1.29 is 5.11 Å². The molecule has 0 fully saturated rings. The monoisotopic (exact) mass is 215 g/mol. The highest BCUT2D eigenvalue weighted by atomic mass is 32.2. The van der Waals surface area contributed by atoms with Crippen molar-refractivity contribution in [2.45, 2.75) is 26.3 Å². The van der Waals surface area contributed by atoms with Gasteiger partial charge in [-0.1, -0.05) is 12.1 Å². The molecule has 1 N–H and O–H groups in total. The van der Waals surface area contributed by atoms with E-state index in [9.17, 15) is 0 Å². The van der Waals surface area contributed by atoms with Gasteiger partial charge in [0.15, 0.2) is 0 Å². The van der Waals surface area contributed by atoms with Crippen LogP contribution in [0.3, 0.4) is 0 Å². The van der Waals surface area contributed by atoms with Crippen LogP contribution in [-0.2, 0) is 13.0 Å². The number of aromatic nitrogens is 3. The van der Waals surface area contributed by atoms with Gasteiger partial charge in [-0.3, -0.25) is 4.68 Å². The van der Waals surface area contributed by atoms with Crippen LogP contribution in [0.5, 0.6) is 0 Å². The van der Waals surface area contributed by atoms with Crippen molar-refractivity contribution in [2.75, 3.05) is 18.1 Å². The van der Waals surface area contributed by atoms with E-state index in [1.807, 2.05) is 22.6 Å². The molecule has 4 nitrogen and oxygen atoms in total. The van der Waals surface area contributed by atoms with E-state index in [1.54, 1.807) is 0 Å². The summed E-state index contributed by atoms with van der Waals surface area (Å²) in [6.07, 6.45) is 3.55. The standard InChI is InChI=1S/C9H17N3OS/c1-2-14-7-5-12-8-9(10-11-12)4-3-6-13/h8,13H,2-7H2,1H3. The lowest BCUT2D eigenvalue weighted by Gasteiger charge is -1.97. The minimum absolute atomic E-state index is 0.221. The average molecular weight is 215 g/mol. The third-order valence-corrected chi connectivity index (χ3v) is 2.73. The van der Waals surface area contributed by atoms with Crippen molar-refractivity contribution >= 4 is 11.8 Å². The lowest BCUT2D eigenvalue weighted by Crippen LogP contribution is -2.01. The van der Waals surface area contributed by atoms with Gasteiger partial charge in [-0.15, -0.1) is 5.10 Å². The summed E-state index contributed by atoms with van der Waals surface area (Å²) < 4.78 is 1.87. The maximum atomic E-state index is 8.65. The number of aliphatic hydroxyl groups is 1. The molecule has 0 aromatic carbocycles. The molecule has 0 aliphatic heterocycles. The molecule has 0 aliphatic carbocycles. The Balaban J connectivity index is 2.27. The third kappa shape index (κ3) is 4.11. The zero-order valence-corrected chi connectivity index (χ0v) is 9.33. The Kier molecular flexibility index (Phi) is 5.63. The maximum absolute atomic E-state index is 8.65. The summed E-state index contributed by atoms with van der Waals surface area (Å²) in [6.45, 7) is 3.29. The summed E-state index contributed by atoms with van der Waals surface area (Å²) in [5, 5.41) is 16.7. The van der Waals surface area contributed by atoms with Crippen LogP contribution in [0, 0.1) is 0 Å². The van der Waals surface area contributed by atoms with Crippen molar-refractivity contribution in [3.63, 3.8) is 0 Å². The second-order valence-electron chi connectivity index (χ2n) is 3.00. The highest BCUT2D eigenvalue weighted by Gasteiger charge is 1.99. The van der Waals surface area contributed by atoms with Crippen LogP contribution in [0.2, 0.25) is 0 Å². The fraction of sp³-hybridized carbons (Fsp3) is 0.778. The molecule has 80 valence electrons. The smallest absolute Gasteiger partial charge is 0.0828 e. The Morgan fingerprint density at radius 3 is 3.14 bits per heavy atom. The maximum Gasteiger partial charge on any atom is 0.0828 e. The molecule has 1 heterocycles. The topological polar surface area (TPSA) is 50.9 Å². The number of thioether (sulfide) groups is 1. The summed E-state index contributed by atoms with van der Waals surface area (Å²) in [5.74, 6) is 2.23. The molecule has 0 unspecified atom stereocenters. The van der Waals surface area contributed by atoms with Crippen LogP contribution in [0.15, 0.2) is 6.20 Å². The summed E-state index contributed by atoms with van der Waals surface area (Å²) in [7, 11) is 0. The zero-order valence-electron chi connectivity index (χ0n) is 8.52. The third-order valence-electron chi connectivity index (χ3n) is 1.85. The predicted octanol–water partition coefficient (Wildman–Crippen LogP) is 0.956.